The minimum atomic E-state index is -3.06. The van der Waals surface area contributed by atoms with E-state index in [0.717, 1.165) is 6.07 Å². The van der Waals surface area contributed by atoms with Gasteiger partial charge in [0.2, 0.25) is 0 Å². The molecule has 0 saturated carbocycles. The molecule has 0 N–H and O–H groups in total. The van der Waals surface area contributed by atoms with Crippen LogP contribution in [0.15, 0.2) is 47.3 Å². The Bertz CT molecular complexity index is 951. The van der Waals surface area contributed by atoms with Gasteiger partial charge >= 0.3 is 12.2 Å². The van der Waals surface area contributed by atoms with Gasteiger partial charge in [-0.3, -0.25) is 0 Å². The fourth-order valence-electron chi connectivity index (χ4n) is 2.40. The Morgan fingerprint density at radius 2 is 1.83 bits per heavy atom. The molecule has 1 aromatic heterocycles. The Morgan fingerprint density at radius 1 is 1.17 bits per heavy atom. The summed E-state index contributed by atoms with van der Waals surface area (Å²) in [4.78, 5) is 12.1. The first-order valence-corrected chi connectivity index (χ1v) is 7.29. The fourth-order valence-corrected chi connectivity index (χ4v) is 2.66. The number of nitrogens with zero attached hydrogens (tertiary/aromatic N) is 3. The number of halogens is 4. The highest BCUT2D eigenvalue weighted by Crippen LogP contribution is 2.31. The Hall–Kier alpha value is -2.54. The molecule has 3 aromatic rings. The van der Waals surface area contributed by atoms with E-state index in [1.807, 2.05) is 0 Å². The van der Waals surface area contributed by atoms with E-state index in [0.29, 0.717) is 15.8 Å². The van der Waals surface area contributed by atoms with Crippen LogP contribution in [0.2, 0.25) is 5.02 Å². The van der Waals surface area contributed by atoms with E-state index in [1.165, 1.54) is 13.0 Å². The zero-order valence-corrected chi connectivity index (χ0v) is 13.1. The molecule has 0 atom stereocenters. The molecular formula is C16H11ClF3N3O. The number of benzene rings is 2. The molecule has 124 valence electrons. The van der Waals surface area contributed by atoms with Crippen molar-refractivity contribution in [1.29, 1.82) is 0 Å². The zero-order valence-electron chi connectivity index (χ0n) is 12.4. The van der Waals surface area contributed by atoms with E-state index in [2.05, 4.69) is 5.10 Å². The van der Waals surface area contributed by atoms with E-state index in [4.69, 9.17) is 11.6 Å². The summed E-state index contributed by atoms with van der Waals surface area (Å²) in [6.07, 6.45) is 0. The first kappa shape index (κ1) is 16.3. The maximum atomic E-state index is 14.3. The van der Waals surface area contributed by atoms with Gasteiger partial charge in [0.1, 0.15) is 11.5 Å². The van der Waals surface area contributed by atoms with Crippen LogP contribution in [0.25, 0.3) is 16.8 Å². The number of rotatable bonds is 3. The third kappa shape index (κ3) is 2.71. The molecule has 0 fully saturated rings. The Balaban J connectivity index is 2.24. The van der Waals surface area contributed by atoms with Crippen molar-refractivity contribution in [1.82, 2.24) is 14.3 Å². The number of aryl methyl sites for hydroxylation is 1. The first-order chi connectivity index (χ1) is 11.4. The van der Waals surface area contributed by atoms with Crippen LogP contribution in [0, 0.1) is 12.7 Å². The van der Waals surface area contributed by atoms with Gasteiger partial charge in [-0.2, -0.15) is 13.5 Å². The summed E-state index contributed by atoms with van der Waals surface area (Å²) in [6, 6.07) is 11.2. The molecular weight excluding hydrogens is 343 g/mol. The smallest absolute Gasteiger partial charge is 0.245 e. The van der Waals surface area contributed by atoms with E-state index in [1.54, 1.807) is 30.3 Å². The van der Waals surface area contributed by atoms with Gasteiger partial charge in [-0.05, 0) is 24.6 Å². The molecule has 8 heteroatoms. The largest absolute Gasteiger partial charge is 0.355 e. The molecule has 24 heavy (non-hydrogen) atoms. The van der Waals surface area contributed by atoms with E-state index in [-0.39, 0.29) is 21.1 Å². The van der Waals surface area contributed by atoms with Crippen LogP contribution in [0.5, 0.6) is 0 Å². The standard InChI is InChI=1S/C16H11ClF3N3O/c1-9-21-23(16(24)22(9)15(19)20)14-7-11(12(17)8-13(14)18)10-5-3-2-4-6-10/h2-8,15H,1H3. The normalized spacial score (nSPS) is 11.2. The fraction of sp³-hybridized carbons (Fsp3) is 0.125. The quantitative estimate of drug-likeness (QED) is 0.708. The Labute approximate surface area is 139 Å². The molecule has 4 nitrogen and oxygen atoms in total. The molecule has 0 saturated heterocycles. The summed E-state index contributed by atoms with van der Waals surface area (Å²) in [5.41, 5.74) is -0.208. The van der Waals surface area contributed by atoms with Crippen molar-refractivity contribution in [3.63, 3.8) is 0 Å². The molecule has 1 heterocycles. The van der Waals surface area contributed by atoms with Gasteiger partial charge in [0.15, 0.2) is 5.82 Å². The Morgan fingerprint density at radius 3 is 2.42 bits per heavy atom. The van der Waals surface area contributed by atoms with Crippen molar-refractivity contribution in [2.75, 3.05) is 0 Å². The van der Waals surface area contributed by atoms with Crippen molar-refractivity contribution in [3.8, 4) is 16.8 Å². The minimum Gasteiger partial charge on any atom is -0.245 e. The summed E-state index contributed by atoms with van der Waals surface area (Å²) in [5.74, 6) is -1.05. The molecule has 0 bridgehead atoms. The van der Waals surface area contributed by atoms with E-state index in [9.17, 15) is 18.0 Å². The van der Waals surface area contributed by atoms with Crippen molar-refractivity contribution >= 4 is 11.6 Å². The Kier molecular flexibility index (Phi) is 4.19. The summed E-state index contributed by atoms with van der Waals surface area (Å²) in [6.45, 7) is -1.81. The number of alkyl halides is 2. The summed E-state index contributed by atoms with van der Waals surface area (Å²) in [5, 5.41) is 3.87. The molecule has 0 aliphatic heterocycles. The van der Waals surface area contributed by atoms with Gasteiger partial charge in [0.05, 0.1) is 5.02 Å². The minimum absolute atomic E-state index is 0.139. The lowest BCUT2D eigenvalue weighted by Gasteiger charge is -2.09. The number of aromatic nitrogens is 3. The van der Waals surface area contributed by atoms with Crippen LogP contribution in [-0.2, 0) is 0 Å². The molecule has 0 amide bonds. The van der Waals surface area contributed by atoms with Gasteiger partial charge < -0.3 is 0 Å². The third-order valence-corrected chi connectivity index (χ3v) is 3.84. The SMILES string of the molecule is Cc1nn(-c2cc(-c3ccccc3)c(Cl)cc2F)c(=O)n1C(F)F. The van der Waals surface area contributed by atoms with Crippen LogP contribution in [0.4, 0.5) is 13.2 Å². The molecule has 0 radical (unpaired) electrons. The van der Waals surface area contributed by atoms with Gasteiger partial charge in [0.25, 0.3) is 0 Å². The topological polar surface area (TPSA) is 39.8 Å². The molecule has 0 aliphatic rings. The van der Waals surface area contributed by atoms with Crippen LogP contribution < -0.4 is 5.69 Å². The maximum absolute atomic E-state index is 14.3. The number of hydrogen-bond donors (Lipinski definition) is 0. The predicted octanol–water partition coefficient (Wildman–Crippen LogP) is 4.20. The predicted molar refractivity (Wildman–Crippen MR) is 84.2 cm³/mol. The monoisotopic (exact) mass is 353 g/mol. The maximum Gasteiger partial charge on any atom is 0.355 e. The second kappa shape index (κ2) is 6.16. The highest BCUT2D eigenvalue weighted by molar-refractivity contribution is 6.33. The van der Waals surface area contributed by atoms with Crippen LogP contribution in [-0.4, -0.2) is 14.3 Å². The molecule has 2 aromatic carbocycles. The van der Waals surface area contributed by atoms with Crippen molar-refractivity contribution in [3.05, 3.63) is 69.6 Å². The van der Waals surface area contributed by atoms with Gasteiger partial charge in [0, 0.05) is 5.56 Å². The summed E-state index contributed by atoms with van der Waals surface area (Å²) >= 11 is 6.08. The van der Waals surface area contributed by atoms with Gasteiger partial charge in [-0.1, -0.05) is 41.9 Å². The highest BCUT2D eigenvalue weighted by atomic mass is 35.5. The summed E-state index contributed by atoms with van der Waals surface area (Å²) in [7, 11) is 0. The van der Waals surface area contributed by atoms with Crippen molar-refractivity contribution in [2.24, 2.45) is 0 Å². The van der Waals surface area contributed by atoms with Gasteiger partial charge in [-0.25, -0.2) is 13.8 Å². The second-order valence-corrected chi connectivity index (χ2v) is 5.45. The van der Waals surface area contributed by atoms with Crippen LogP contribution >= 0.6 is 11.6 Å². The number of hydrogen-bond acceptors (Lipinski definition) is 2. The average Bonchev–Trinajstić information content (AvgIpc) is 2.83. The second-order valence-electron chi connectivity index (χ2n) is 5.04. The molecule has 0 unspecified atom stereocenters. The van der Waals surface area contributed by atoms with E-state index < -0.39 is 18.1 Å². The molecule has 3 rings (SSSR count). The molecule has 0 spiro atoms. The molecule has 0 aliphatic carbocycles. The zero-order chi connectivity index (χ0) is 17.4. The lowest BCUT2D eigenvalue weighted by Crippen LogP contribution is -2.25. The average molecular weight is 354 g/mol. The van der Waals surface area contributed by atoms with Crippen molar-refractivity contribution in [2.45, 2.75) is 13.5 Å². The van der Waals surface area contributed by atoms with Gasteiger partial charge in [-0.15, -0.1) is 5.10 Å². The lowest BCUT2D eigenvalue weighted by atomic mass is 10.0. The summed E-state index contributed by atoms with van der Waals surface area (Å²) < 4.78 is 40.9. The van der Waals surface area contributed by atoms with Crippen LogP contribution in [0.1, 0.15) is 12.4 Å². The first-order valence-electron chi connectivity index (χ1n) is 6.91. The van der Waals surface area contributed by atoms with Crippen LogP contribution in [0.3, 0.4) is 0 Å². The third-order valence-electron chi connectivity index (χ3n) is 3.53. The highest BCUT2D eigenvalue weighted by Gasteiger charge is 2.21. The van der Waals surface area contributed by atoms with Crippen molar-refractivity contribution < 1.29 is 13.2 Å². The lowest BCUT2D eigenvalue weighted by molar-refractivity contribution is 0.0640. The van der Waals surface area contributed by atoms with E-state index >= 15 is 0 Å².